The summed E-state index contributed by atoms with van der Waals surface area (Å²) in [6.07, 6.45) is 0. The van der Waals surface area contributed by atoms with Gasteiger partial charge in [0.1, 0.15) is 0 Å². The highest BCUT2D eigenvalue weighted by Gasteiger charge is 2.36. The fourth-order valence-electron chi connectivity index (χ4n) is 6.12. The van der Waals surface area contributed by atoms with E-state index in [0.29, 0.717) is 16.8 Å². The summed E-state index contributed by atoms with van der Waals surface area (Å²) >= 11 is 0. The molecule has 4 aromatic carbocycles. The highest BCUT2D eigenvalue weighted by molar-refractivity contribution is 6.38. The number of rotatable bonds is 4. The fraction of sp³-hybridized carbons (Fsp3) is 0.312. The van der Waals surface area contributed by atoms with Crippen molar-refractivity contribution in [2.75, 3.05) is 88.1 Å². The molecule has 1 saturated heterocycles. The Kier molecular flexibility index (Phi) is 5.81. The second-order valence-electron chi connectivity index (χ2n) is 11.8. The average Bonchev–Trinajstić information content (AvgIpc) is 2.91. The minimum absolute atomic E-state index is 0.277. The second kappa shape index (κ2) is 8.99. The third-order valence-electron chi connectivity index (χ3n) is 8.35. The number of anilines is 4. The molecule has 0 bridgehead atoms. The van der Waals surface area contributed by atoms with Crippen molar-refractivity contribution < 1.29 is 14.1 Å². The lowest BCUT2D eigenvalue weighted by atomic mass is 9.91. The summed E-state index contributed by atoms with van der Waals surface area (Å²) in [5.74, 6) is -0.554. The van der Waals surface area contributed by atoms with Gasteiger partial charge in [-0.05, 0) is 36.4 Å². The van der Waals surface area contributed by atoms with Crippen molar-refractivity contribution in [2.45, 2.75) is 0 Å². The van der Waals surface area contributed by atoms with Gasteiger partial charge < -0.3 is 19.2 Å². The van der Waals surface area contributed by atoms with E-state index in [-0.39, 0.29) is 11.8 Å². The third kappa shape index (κ3) is 3.91. The molecule has 2 amide bonds. The van der Waals surface area contributed by atoms with Crippen LogP contribution in [0.1, 0.15) is 20.7 Å². The van der Waals surface area contributed by atoms with Gasteiger partial charge in [0.2, 0.25) is 0 Å². The summed E-state index contributed by atoms with van der Waals surface area (Å²) < 4.78 is 1.000. The fourth-order valence-corrected chi connectivity index (χ4v) is 6.12. The van der Waals surface area contributed by atoms with E-state index in [0.717, 1.165) is 69.3 Å². The molecule has 2 aliphatic heterocycles. The van der Waals surface area contributed by atoms with E-state index in [1.807, 2.05) is 76.7 Å². The van der Waals surface area contributed by atoms with Crippen LogP contribution in [-0.4, -0.2) is 84.8 Å². The van der Waals surface area contributed by atoms with Crippen LogP contribution >= 0.6 is 0 Å². The van der Waals surface area contributed by atoms with E-state index in [2.05, 4.69) is 40.9 Å². The number of imide groups is 1. The van der Waals surface area contributed by atoms with Gasteiger partial charge in [-0.3, -0.25) is 9.59 Å². The lowest BCUT2D eigenvalue weighted by Gasteiger charge is -2.40. The van der Waals surface area contributed by atoms with Gasteiger partial charge in [-0.15, -0.1) is 0 Å². The van der Waals surface area contributed by atoms with E-state index >= 15 is 0 Å². The summed E-state index contributed by atoms with van der Waals surface area (Å²) in [4.78, 5) is 36.2. The zero-order valence-electron chi connectivity index (χ0n) is 23.7. The van der Waals surface area contributed by atoms with E-state index in [4.69, 9.17) is 0 Å². The Morgan fingerprint density at radius 3 is 1.82 bits per heavy atom. The third-order valence-corrected chi connectivity index (χ3v) is 8.35. The van der Waals surface area contributed by atoms with E-state index < -0.39 is 0 Å². The van der Waals surface area contributed by atoms with Crippen molar-refractivity contribution in [3.63, 3.8) is 0 Å². The van der Waals surface area contributed by atoms with Crippen LogP contribution in [0.25, 0.3) is 21.5 Å². The molecule has 4 aromatic rings. The van der Waals surface area contributed by atoms with Crippen LogP contribution in [0.3, 0.4) is 0 Å². The summed E-state index contributed by atoms with van der Waals surface area (Å²) in [6, 6.07) is 19.8. The first kappa shape index (κ1) is 25.2. The molecule has 0 saturated carbocycles. The van der Waals surface area contributed by atoms with Crippen LogP contribution in [0.5, 0.6) is 0 Å². The van der Waals surface area contributed by atoms with Gasteiger partial charge >= 0.3 is 0 Å². The van der Waals surface area contributed by atoms with Gasteiger partial charge in [-0.1, -0.05) is 24.3 Å². The van der Waals surface area contributed by atoms with Gasteiger partial charge in [0.25, 0.3) is 11.8 Å². The largest absolute Gasteiger partial charge is 0.377 e. The minimum Gasteiger partial charge on any atom is -0.377 e. The Morgan fingerprint density at radius 2 is 1.18 bits per heavy atom. The van der Waals surface area contributed by atoms with Crippen LogP contribution in [-0.2, 0) is 0 Å². The van der Waals surface area contributed by atoms with Gasteiger partial charge in [0.05, 0.1) is 46.0 Å². The maximum absolute atomic E-state index is 14.1. The number of nitrogens with zero attached hydrogens (tertiary/aromatic N) is 5. The zero-order chi connectivity index (χ0) is 27.6. The smallest absolute Gasteiger partial charge is 0.266 e. The Balaban J connectivity index is 1.51. The molecule has 39 heavy (non-hydrogen) atoms. The number of piperazine rings is 1. The maximum atomic E-state index is 14.1. The minimum atomic E-state index is -0.277. The monoisotopic (exact) mass is 522 g/mol. The topological polar surface area (TPSA) is 47.1 Å². The van der Waals surface area contributed by atoms with Gasteiger partial charge in [-0.25, -0.2) is 4.90 Å². The summed E-state index contributed by atoms with van der Waals surface area (Å²) in [5.41, 5.74) is 4.92. The molecule has 0 aromatic heterocycles. The van der Waals surface area contributed by atoms with Crippen molar-refractivity contribution in [1.82, 2.24) is 0 Å². The molecular weight excluding hydrogens is 486 g/mol. The Bertz CT molecular complexity index is 1610. The summed E-state index contributed by atoms with van der Waals surface area (Å²) in [6.45, 7) is 4.00. The van der Waals surface area contributed by atoms with E-state index in [1.54, 1.807) is 0 Å². The first-order chi connectivity index (χ1) is 18.6. The number of hydrogen-bond acceptors (Lipinski definition) is 5. The first-order valence-corrected chi connectivity index (χ1v) is 13.5. The van der Waals surface area contributed by atoms with E-state index in [1.165, 1.54) is 4.90 Å². The standard InChI is InChI=1S/C32H36N5O2/c1-33(2)27-12-8-10-22-26(15-16-28(30(22)27)34(3)4)36-31(38)23-11-7-9-21-25(14-13-24(29(21)23)32(36)39)35-17-19-37(5,6)20-18-35/h7-16H,17-20H2,1-6H3/q+1. The molecule has 0 N–H and O–H groups in total. The predicted octanol–water partition coefficient (Wildman–Crippen LogP) is 4.82. The van der Waals surface area contributed by atoms with Crippen LogP contribution in [0.15, 0.2) is 60.7 Å². The van der Waals surface area contributed by atoms with Crippen molar-refractivity contribution in [3.05, 3.63) is 71.8 Å². The van der Waals surface area contributed by atoms with Crippen LogP contribution in [0.2, 0.25) is 0 Å². The highest BCUT2D eigenvalue weighted by atomic mass is 16.2. The highest BCUT2D eigenvalue weighted by Crippen LogP contribution is 2.43. The number of hydrogen-bond donors (Lipinski definition) is 0. The number of carbonyl (C=O) groups is 2. The predicted molar refractivity (Wildman–Crippen MR) is 162 cm³/mol. The summed E-state index contributed by atoms with van der Waals surface area (Å²) in [5, 5.41) is 3.62. The van der Waals surface area contributed by atoms with Gasteiger partial charge in [-0.2, -0.15) is 0 Å². The molecular formula is C32H36N5O2+. The molecule has 0 atom stereocenters. The van der Waals surface area contributed by atoms with Gasteiger partial charge in [0, 0.05) is 77.9 Å². The SMILES string of the molecule is CN(C)c1cccc2c(N3C(=O)c4cccc5c(N6CC[N+](C)(C)CC6)ccc(c45)C3=O)ccc(N(C)C)c12. The number of fused-ring (bicyclic) bond motifs is 1. The number of likely N-dealkylation sites (N-methyl/N-ethyl adjacent to an activating group) is 1. The van der Waals surface area contributed by atoms with Crippen molar-refractivity contribution in [3.8, 4) is 0 Å². The number of quaternary nitrogens is 1. The number of amides is 2. The number of carbonyl (C=O) groups excluding carboxylic acids is 2. The molecule has 2 aliphatic rings. The molecule has 0 spiro atoms. The Hall–Kier alpha value is -4.10. The quantitative estimate of drug-likeness (QED) is 0.284. The van der Waals surface area contributed by atoms with Crippen molar-refractivity contribution in [1.29, 1.82) is 0 Å². The lowest BCUT2D eigenvalue weighted by Crippen LogP contribution is -2.55. The molecule has 0 aliphatic carbocycles. The van der Waals surface area contributed by atoms with Gasteiger partial charge in [0.15, 0.2) is 0 Å². The Labute approximate surface area is 230 Å². The average molecular weight is 523 g/mol. The first-order valence-electron chi connectivity index (χ1n) is 13.5. The molecule has 6 rings (SSSR count). The van der Waals surface area contributed by atoms with Crippen LogP contribution in [0.4, 0.5) is 22.7 Å². The Morgan fingerprint density at radius 1 is 0.641 bits per heavy atom. The van der Waals surface area contributed by atoms with Crippen LogP contribution < -0.4 is 19.6 Å². The maximum Gasteiger partial charge on any atom is 0.266 e. The van der Waals surface area contributed by atoms with Crippen molar-refractivity contribution in [2.24, 2.45) is 0 Å². The van der Waals surface area contributed by atoms with E-state index in [9.17, 15) is 9.59 Å². The lowest BCUT2D eigenvalue weighted by molar-refractivity contribution is -0.890. The molecule has 0 unspecified atom stereocenters. The molecule has 2 heterocycles. The van der Waals surface area contributed by atoms with Crippen LogP contribution in [0, 0.1) is 0 Å². The second-order valence-corrected chi connectivity index (χ2v) is 11.8. The molecule has 7 nitrogen and oxygen atoms in total. The molecule has 0 radical (unpaired) electrons. The zero-order valence-corrected chi connectivity index (χ0v) is 23.7. The molecule has 7 heteroatoms. The normalized spacial score (nSPS) is 16.8. The van der Waals surface area contributed by atoms with Crippen molar-refractivity contribution >= 4 is 56.1 Å². The number of benzene rings is 4. The molecule has 200 valence electrons. The summed E-state index contributed by atoms with van der Waals surface area (Å²) in [7, 11) is 12.6. The molecule has 1 fully saturated rings.